The number of anilines is 1. The first-order valence-corrected chi connectivity index (χ1v) is 11.9. The molecule has 3 heterocycles. The van der Waals surface area contributed by atoms with Crippen LogP contribution >= 0.6 is 0 Å². The van der Waals surface area contributed by atoms with Crippen molar-refractivity contribution < 1.29 is 26.7 Å². The first-order valence-electron chi connectivity index (χ1n) is 10.5. The molecule has 5 rings (SSSR count). The van der Waals surface area contributed by atoms with Crippen LogP contribution in [0, 0.1) is 0 Å². The van der Waals surface area contributed by atoms with Crippen molar-refractivity contribution in [1.29, 1.82) is 0 Å². The second-order valence-corrected chi connectivity index (χ2v) is 9.91. The molecule has 33 heavy (non-hydrogen) atoms. The normalized spacial score (nSPS) is 17.5. The van der Waals surface area contributed by atoms with Gasteiger partial charge in [-0.3, -0.25) is 4.79 Å². The van der Waals surface area contributed by atoms with E-state index in [1.54, 1.807) is 6.07 Å². The Morgan fingerprint density at radius 3 is 2.64 bits per heavy atom. The lowest BCUT2D eigenvalue weighted by atomic mass is 10.2. The number of rotatable bonds is 6. The van der Waals surface area contributed by atoms with E-state index in [2.05, 4.69) is 15.4 Å². The number of ether oxygens (including phenoxy) is 1. The van der Waals surface area contributed by atoms with Gasteiger partial charge in [0.05, 0.1) is 24.3 Å². The summed E-state index contributed by atoms with van der Waals surface area (Å²) < 4.78 is 60.5. The van der Waals surface area contributed by atoms with Gasteiger partial charge in [-0.25, -0.2) is 26.7 Å². The minimum atomic E-state index is -3.74. The summed E-state index contributed by atoms with van der Waals surface area (Å²) in [5, 5.41) is 6.58. The third-order valence-electron chi connectivity index (χ3n) is 5.68. The SMILES string of the molecule is O=C(Nc1cccc(S(=O)(=O)N2CCOCC2)c1)c1cnn2c(C(F)F)cc(C3CC3)nc12. The number of sulfonamides is 1. The topological polar surface area (TPSA) is 106 Å². The number of aromatic nitrogens is 3. The van der Waals surface area contributed by atoms with Crippen molar-refractivity contribution in [1.82, 2.24) is 18.9 Å². The van der Waals surface area contributed by atoms with Crippen LogP contribution in [0.4, 0.5) is 14.5 Å². The van der Waals surface area contributed by atoms with Crippen molar-refractivity contribution in [2.45, 2.75) is 30.1 Å². The summed E-state index contributed by atoms with van der Waals surface area (Å²) >= 11 is 0. The summed E-state index contributed by atoms with van der Waals surface area (Å²) in [7, 11) is -3.74. The number of carbonyl (C=O) groups excluding carboxylic acids is 1. The van der Waals surface area contributed by atoms with Gasteiger partial charge in [-0.15, -0.1) is 0 Å². The van der Waals surface area contributed by atoms with E-state index in [4.69, 9.17) is 4.74 Å². The Hall–Kier alpha value is -2.96. The molecule has 0 atom stereocenters. The van der Waals surface area contributed by atoms with Crippen molar-refractivity contribution in [3.63, 3.8) is 0 Å². The van der Waals surface area contributed by atoms with Gasteiger partial charge in [-0.1, -0.05) is 6.07 Å². The monoisotopic (exact) mass is 477 g/mol. The van der Waals surface area contributed by atoms with Gasteiger partial charge < -0.3 is 10.1 Å². The number of halogens is 2. The van der Waals surface area contributed by atoms with E-state index in [-0.39, 0.29) is 46.5 Å². The van der Waals surface area contributed by atoms with Crippen molar-refractivity contribution in [3.8, 4) is 0 Å². The molecule has 1 saturated heterocycles. The van der Waals surface area contributed by atoms with Gasteiger partial charge in [0.25, 0.3) is 12.3 Å². The average Bonchev–Trinajstić information content (AvgIpc) is 3.58. The zero-order chi connectivity index (χ0) is 23.2. The van der Waals surface area contributed by atoms with Crippen LogP contribution in [0.15, 0.2) is 41.4 Å². The van der Waals surface area contributed by atoms with Gasteiger partial charge in [-0.2, -0.15) is 9.40 Å². The lowest BCUT2D eigenvalue weighted by Gasteiger charge is -2.26. The largest absolute Gasteiger partial charge is 0.379 e. The molecule has 2 fully saturated rings. The highest BCUT2D eigenvalue weighted by Gasteiger charge is 2.30. The number of hydrogen-bond acceptors (Lipinski definition) is 6. The Bertz CT molecular complexity index is 1320. The zero-order valence-corrected chi connectivity index (χ0v) is 18.3. The molecule has 1 aliphatic heterocycles. The number of morpholine rings is 1. The van der Waals surface area contributed by atoms with Crippen LogP contribution in [-0.4, -0.2) is 59.5 Å². The van der Waals surface area contributed by atoms with E-state index in [1.807, 2.05) is 0 Å². The fourth-order valence-corrected chi connectivity index (χ4v) is 5.23. The number of amides is 1. The Labute approximate surface area is 188 Å². The Kier molecular flexibility index (Phi) is 5.59. The number of fused-ring (bicyclic) bond motifs is 1. The van der Waals surface area contributed by atoms with Crippen LogP contribution < -0.4 is 5.32 Å². The Balaban J connectivity index is 1.44. The van der Waals surface area contributed by atoms with Crippen molar-refractivity contribution in [2.24, 2.45) is 0 Å². The van der Waals surface area contributed by atoms with Gasteiger partial charge in [-0.05, 0) is 37.1 Å². The molecular weight excluding hydrogens is 456 g/mol. The number of nitrogens with one attached hydrogen (secondary N) is 1. The predicted molar refractivity (Wildman–Crippen MR) is 114 cm³/mol. The van der Waals surface area contributed by atoms with E-state index >= 15 is 0 Å². The van der Waals surface area contributed by atoms with Crippen molar-refractivity contribution in [2.75, 3.05) is 31.6 Å². The third-order valence-corrected chi connectivity index (χ3v) is 7.58. The minimum absolute atomic E-state index is 0.0286. The van der Waals surface area contributed by atoms with Crippen LogP contribution in [-0.2, 0) is 14.8 Å². The molecule has 0 radical (unpaired) electrons. The molecule has 0 bridgehead atoms. The molecule has 1 N–H and O–H groups in total. The molecule has 12 heteroatoms. The molecular formula is C21H21F2N5O4S. The molecule has 2 aliphatic rings. The van der Waals surface area contributed by atoms with Gasteiger partial charge in [0, 0.05) is 30.4 Å². The van der Waals surface area contributed by atoms with Crippen LogP contribution in [0.2, 0.25) is 0 Å². The van der Waals surface area contributed by atoms with Crippen LogP contribution in [0.1, 0.15) is 46.9 Å². The van der Waals surface area contributed by atoms with Gasteiger partial charge in [0.15, 0.2) is 5.65 Å². The highest BCUT2D eigenvalue weighted by molar-refractivity contribution is 7.89. The fraction of sp³-hybridized carbons (Fsp3) is 0.381. The average molecular weight is 477 g/mol. The van der Waals surface area contributed by atoms with E-state index in [0.29, 0.717) is 18.9 Å². The summed E-state index contributed by atoms with van der Waals surface area (Å²) in [6, 6.07) is 7.23. The summed E-state index contributed by atoms with van der Waals surface area (Å²) in [6.45, 7) is 1.15. The van der Waals surface area contributed by atoms with E-state index in [1.165, 1.54) is 34.8 Å². The maximum Gasteiger partial charge on any atom is 0.280 e. The van der Waals surface area contributed by atoms with E-state index < -0.39 is 22.4 Å². The molecule has 2 aromatic heterocycles. The van der Waals surface area contributed by atoms with Gasteiger partial charge in [0.1, 0.15) is 11.3 Å². The number of carbonyl (C=O) groups is 1. The molecule has 1 aromatic carbocycles. The molecule has 9 nitrogen and oxygen atoms in total. The van der Waals surface area contributed by atoms with Crippen molar-refractivity contribution >= 4 is 27.3 Å². The lowest BCUT2D eigenvalue weighted by Crippen LogP contribution is -2.40. The quantitative estimate of drug-likeness (QED) is 0.585. The molecule has 1 aliphatic carbocycles. The highest BCUT2D eigenvalue weighted by Crippen LogP contribution is 2.40. The first-order chi connectivity index (χ1) is 15.8. The van der Waals surface area contributed by atoms with Gasteiger partial charge >= 0.3 is 0 Å². The predicted octanol–water partition coefficient (Wildman–Crippen LogP) is 2.82. The summed E-state index contributed by atoms with van der Waals surface area (Å²) in [4.78, 5) is 17.4. The third kappa shape index (κ3) is 4.21. The maximum atomic E-state index is 13.6. The number of nitrogens with zero attached hydrogens (tertiary/aromatic N) is 4. The zero-order valence-electron chi connectivity index (χ0n) is 17.4. The number of benzene rings is 1. The smallest absolute Gasteiger partial charge is 0.280 e. The number of hydrogen-bond donors (Lipinski definition) is 1. The molecule has 0 unspecified atom stereocenters. The second-order valence-electron chi connectivity index (χ2n) is 7.97. The van der Waals surface area contributed by atoms with E-state index in [0.717, 1.165) is 17.4 Å². The summed E-state index contributed by atoms with van der Waals surface area (Å²) in [6.07, 6.45) is 0.151. The molecule has 174 valence electrons. The van der Waals surface area contributed by atoms with Crippen LogP contribution in [0.3, 0.4) is 0 Å². The molecule has 1 amide bonds. The van der Waals surface area contributed by atoms with Crippen LogP contribution in [0.5, 0.6) is 0 Å². The Morgan fingerprint density at radius 2 is 1.94 bits per heavy atom. The van der Waals surface area contributed by atoms with Crippen molar-refractivity contribution in [3.05, 3.63) is 53.5 Å². The molecule has 0 spiro atoms. The molecule has 1 saturated carbocycles. The van der Waals surface area contributed by atoms with E-state index in [9.17, 15) is 22.0 Å². The number of alkyl halides is 2. The standard InChI is InChI=1S/C21H21F2N5O4S/c22-19(23)18-11-17(13-4-5-13)26-20-16(12-24-28(18)20)21(29)25-14-2-1-3-15(10-14)33(30,31)27-6-8-32-9-7-27/h1-3,10-13,19H,4-9H2,(H,25,29). The fourth-order valence-electron chi connectivity index (χ4n) is 3.78. The lowest BCUT2D eigenvalue weighted by molar-refractivity contribution is 0.0730. The molecule has 3 aromatic rings. The summed E-state index contributed by atoms with van der Waals surface area (Å²) in [5.74, 6) is -0.507. The van der Waals surface area contributed by atoms with Gasteiger partial charge in [0.2, 0.25) is 10.0 Å². The first kappa shape index (κ1) is 21.9. The minimum Gasteiger partial charge on any atom is -0.379 e. The maximum absolute atomic E-state index is 13.6. The van der Waals surface area contributed by atoms with Crippen LogP contribution in [0.25, 0.3) is 5.65 Å². The Morgan fingerprint density at radius 1 is 1.18 bits per heavy atom. The second kappa shape index (κ2) is 8.43. The summed E-state index contributed by atoms with van der Waals surface area (Å²) in [5.41, 5.74) is 0.525. The highest BCUT2D eigenvalue weighted by atomic mass is 32.2.